The molecule has 11 nitrogen and oxygen atoms in total. The minimum Gasteiger partial charge on any atom is -0.497 e. The molecule has 6 rings (SSSR count). The third-order valence-electron chi connectivity index (χ3n) is 11.9. The van der Waals surface area contributed by atoms with Gasteiger partial charge in [-0.1, -0.05) is 41.0 Å². The number of methoxy groups -OCH3 is 8. The Morgan fingerprint density at radius 1 is 0.672 bits per heavy atom. The fourth-order valence-corrected chi connectivity index (χ4v) is 8.79. The molecule has 1 heterocycles. The van der Waals surface area contributed by atoms with Gasteiger partial charge in [0.05, 0.1) is 68.0 Å². The number of allylic oxidation sites excluding steroid dienone is 6. The minimum atomic E-state index is -0.801. The van der Waals surface area contributed by atoms with E-state index in [0.717, 1.165) is 27.8 Å². The Hall–Kier alpha value is -6.62. The highest BCUT2D eigenvalue weighted by Gasteiger charge is 2.44. The molecule has 0 fully saturated rings. The molecule has 0 unspecified atom stereocenters. The van der Waals surface area contributed by atoms with E-state index in [4.69, 9.17) is 42.3 Å². The van der Waals surface area contributed by atoms with E-state index < -0.39 is 17.8 Å². The van der Waals surface area contributed by atoms with Crippen molar-refractivity contribution in [1.82, 2.24) is 0 Å². The summed E-state index contributed by atoms with van der Waals surface area (Å²) in [4.78, 5) is 31.2. The van der Waals surface area contributed by atoms with Crippen LogP contribution < -0.4 is 43.3 Å². The summed E-state index contributed by atoms with van der Waals surface area (Å²) in [6, 6.07) is 16.4. The first-order chi connectivity index (χ1) is 30.8. The van der Waals surface area contributed by atoms with Crippen molar-refractivity contribution in [2.75, 3.05) is 56.9 Å². The van der Waals surface area contributed by atoms with Crippen LogP contribution in [-0.2, 0) is 12.8 Å². The molecule has 0 N–H and O–H groups in total. The molecule has 0 radical (unpaired) electrons. The molecule has 5 aromatic rings. The van der Waals surface area contributed by atoms with Crippen molar-refractivity contribution in [3.63, 3.8) is 0 Å². The number of Topliss-reactive ketones (excluding diaryl/α,β-unsaturated/α-hetero) is 1. The second-order valence-electron chi connectivity index (χ2n) is 16.4. The first-order valence-corrected chi connectivity index (χ1v) is 21.2. The van der Waals surface area contributed by atoms with Gasteiger partial charge in [0.25, 0.3) is 0 Å². The van der Waals surface area contributed by atoms with Crippen molar-refractivity contribution in [3.05, 3.63) is 128 Å². The Labute approximate surface area is 376 Å². The van der Waals surface area contributed by atoms with Crippen LogP contribution in [0, 0.1) is 5.92 Å². The Kier molecular flexibility index (Phi) is 14.8. The predicted octanol–water partition coefficient (Wildman–Crippen LogP) is 11.3. The van der Waals surface area contributed by atoms with E-state index in [1.165, 1.54) is 7.11 Å². The zero-order valence-corrected chi connectivity index (χ0v) is 39.3. The van der Waals surface area contributed by atoms with Gasteiger partial charge >= 0.3 is 0 Å². The van der Waals surface area contributed by atoms with E-state index in [2.05, 4.69) is 12.2 Å². The monoisotopic (exact) mass is 872 g/mol. The van der Waals surface area contributed by atoms with E-state index in [-0.39, 0.29) is 34.4 Å². The second kappa shape index (κ2) is 20.3. The SMILES string of the molecule is COc1ccc(-c2oc3cc(OC)c([C@H]4C=C(C)C[C@@H](c5ccc(OC)cc5OC)[C@@H]4C(=O)c4cc(CC=C(C)C)c(OC)cc4OC)c(OC)c3c(=O)c2CC=C(C)C)c(OC)c1. The van der Waals surface area contributed by atoms with Crippen molar-refractivity contribution < 1.29 is 47.1 Å². The third-order valence-corrected chi connectivity index (χ3v) is 11.9. The number of hydrogen-bond donors (Lipinski definition) is 0. The molecule has 1 aliphatic rings. The molecule has 338 valence electrons. The summed E-state index contributed by atoms with van der Waals surface area (Å²) in [6.07, 6.45) is 7.50. The van der Waals surface area contributed by atoms with Crippen molar-refractivity contribution in [3.8, 4) is 57.3 Å². The van der Waals surface area contributed by atoms with Gasteiger partial charge in [0.1, 0.15) is 62.7 Å². The molecule has 0 saturated heterocycles. The van der Waals surface area contributed by atoms with E-state index in [1.807, 2.05) is 71.0 Å². The maximum absolute atomic E-state index is 15.9. The Morgan fingerprint density at radius 3 is 1.88 bits per heavy atom. The maximum atomic E-state index is 15.9. The lowest BCUT2D eigenvalue weighted by molar-refractivity contribution is 0.0875. The van der Waals surface area contributed by atoms with Crippen molar-refractivity contribution >= 4 is 16.8 Å². The first kappa shape index (κ1) is 46.9. The highest BCUT2D eigenvalue weighted by molar-refractivity contribution is 6.03. The van der Waals surface area contributed by atoms with Crippen LogP contribution in [0.5, 0.6) is 46.0 Å². The van der Waals surface area contributed by atoms with Crippen LogP contribution in [0.3, 0.4) is 0 Å². The fourth-order valence-electron chi connectivity index (χ4n) is 8.79. The number of fused-ring (bicyclic) bond motifs is 1. The Balaban J connectivity index is 1.71. The molecule has 1 aromatic heterocycles. The maximum Gasteiger partial charge on any atom is 0.200 e. The summed E-state index contributed by atoms with van der Waals surface area (Å²) in [5.41, 5.74) is 6.67. The zero-order valence-electron chi connectivity index (χ0n) is 39.3. The van der Waals surface area contributed by atoms with Crippen LogP contribution >= 0.6 is 0 Å². The summed E-state index contributed by atoms with van der Waals surface area (Å²) in [7, 11) is 12.6. The van der Waals surface area contributed by atoms with Gasteiger partial charge in [0.15, 0.2) is 5.78 Å². The summed E-state index contributed by atoms with van der Waals surface area (Å²) < 4.78 is 54.0. The highest BCUT2D eigenvalue weighted by atomic mass is 16.5. The molecular formula is C53H60O11. The van der Waals surface area contributed by atoms with E-state index in [1.54, 1.807) is 74.0 Å². The Bertz CT molecular complexity index is 2690. The molecule has 0 aliphatic heterocycles. The quantitative estimate of drug-likeness (QED) is 0.0656. The average molecular weight is 873 g/mol. The molecule has 4 aromatic carbocycles. The normalized spacial score (nSPS) is 15.7. The van der Waals surface area contributed by atoms with Crippen LogP contribution in [0.1, 0.15) is 85.5 Å². The van der Waals surface area contributed by atoms with E-state index >= 15 is 9.59 Å². The number of benzene rings is 4. The number of ether oxygens (including phenoxy) is 8. The van der Waals surface area contributed by atoms with Crippen molar-refractivity contribution in [1.29, 1.82) is 0 Å². The van der Waals surface area contributed by atoms with E-state index in [0.29, 0.717) is 81.1 Å². The van der Waals surface area contributed by atoms with Crippen molar-refractivity contribution in [2.24, 2.45) is 5.92 Å². The van der Waals surface area contributed by atoms with Gasteiger partial charge in [-0.25, -0.2) is 0 Å². The van der Waals surface area contributed by atoms with Crippen LogP contribution in [0.2, 0.25) is 0 Å². The first-order valence-electron chi connectivity index (χ1n) is 21.2. The molecule has 0 spiro atoms. The minimum absolute atomic E-state index is 0.183. The van der Waals surface area contributed by atoms with Gasteiger partial charge in [-0.2, -0.15) is 0 Å². The van der Waals surface area contributed by atoms with Crippen molar-refractivity contribution in [2.45, 2.75) is 65.7 Å². The van der Waals surface area contributed by atoms with Crippen LogP contribution in [-0.4, -0.2) is 62.7 Å². The van der Waals surface area contributed by atoms with Gasteiger partial charge in [-0.3, -0.25) is 9.59 Å². The third kappa shape index (κ3) is 9.21. The number of hydrogen-bond acceptors (Lipinski definition) is 11. The molecule has 0 saturated carbocycles. The molecule has 1 aliphatic carbocycles. The standard InChI is InChI=1S/C53H60O11/c1-29(2)14-16-32-24-39(44(61-11)27-41(32)58-8)51(55)47-38(35-20-17-33(56-6)25-42(35)59-9)22-31(5)23-40(47)48-45(62-12)28-46-49(53(48)63-13)50(54)37(19-15-30(3)4)52(64-46)36-21-18-34(57-7)26-43(36)60-10/h14-15,17-18,20-21,23-28,38,40,47H,16,19,22H2,1-13H3/t38-,40-,47-/m0/s1. The molecule has 3 atom stereocenters. The van der Waals surface area contributed by atoms with Gasteiger partial charge < -0.3 is 42.3 Å². The molecule has 64 heavy (non-hydrogen) atoms. The van der Waals surface area contributed by atoms with Crippen LogP contribution in [0.15, 0.2) is 98.8 Å². The van der Waals surface area contributed by atoms with Crippen LogP contribution in [0.25, 0.3) is 22.3 Å². The molecule has 11 heteroatoms. The number of ketones is 1. The van der Waals surface area contributed by atoms with Gasteiger partial charge in [0.2, 0.25) is 5.43 Å². The van der Waals surface area contributed by atoms with Gasteiger partial charge in [-0.05, 0) is 89.3 Å². The lowest BCUT2D eigenvalue weighted by Crippen LogP contribution is -2.32. The zero-order chi connectivity index (χ0) is 46.4. The van der Waals surface area contributed by atoms with E-state index in [9.17, 15) is 0 Å². The average Bonchev–Trinajstić information content (AvgIpc) is 3.30. The summed E-state index contributed by atoms with van der Waals surface area (Å²) in [6.45, 7) is 10.1. The summed E-state index contributed by atoms with van der Waals surface area (Å²) in [5, 5.41) is 0.221. The lowest BCUT2D eigenvalue weighted by Gasteiger charge is -2.38. The predicted molar refractivity (Wildman–Crippen MR) is 251 cm³/mol. The summed E-state index contributed by atoms with van der Waals surface area (Å²) in [5.74, 6) is 2.08. The largest absolute Gasteiger partial charge is 0.497 e. The molecular weight excluding hydrogens is 813 g/mol. The Morgan fingerprint density at radius 2 is 1.28 bits per heavy atom. The second-order valence-corrected chi connectivity index (χ2v) is 16.4. The topological polar surface area (TPSA) is 121 Å². The fraction of sp³-hybridized carbons (Fsp3) is 0.358. The lowest BCUT2D eigenvalue weighted by atomic mass is 9.65. The molecule has 0 amide bonds. The highest BCUT2D eigenvalue weighted by Crippen LogP contribution is 2.54. The van der Waals surface area contributed by atoms with Gasteiger partial charge in [-0.15, -0.1) is 0 Å². The number of carbonyl (C=O) groups is 1. The van der Waals surface area contributed by atoms with Crippen LogP contribution in [0.4, 0.5) is 0 Å². The number of rotatable bonds is 17. The van der Waals surface area contributed by atoms with Gasteiger partial charge in [0, 0.05) is 53.1 Å². The summed E-state index contributed by atoms with van der Waals surface area (Å²) >= 11 is 0. The number of carbonyl (C=O) groups excluding carboxylic acids is 1. The molecule has 0 bridgehead atoms. The smallest absolute Gasteiger partial charge is 0.200 e.